The summed E-state index contributed by atoms with van der Waals surface area (Å²) in [6.45, 7) is 2.19. The number of nitrogen functional groups attached to an aromatic ring is 1. The van der Waals surface area contributed by atoms with E-state index in [0.717, 1.165) is 4.88 Å². The van der Waals surface area contributed by atoms with Gasteiger partial charge in [-0.2, -0.15) is 0 Å². The van der Waals surface area contributed by atoms with Gasteiger partial charge < -0.3 is 15.8 Å². The lowest BCUT2D eigenvalue weighted by Gasteiger charge is -2.13. The number of hydrogen-bond donors (Lipinski definition) is 2. The number of thiophene rings is 1. The van der Waals surface area contributed by atoms with Gasteiger partial charge in [0.15, 0.2) is 0 Å². The number of benzene rings is 1. The Balaban J connectivity index is 1.83. The summed E-state index contributed by atoms with van der Waals surface area (Å²) < 4.78 is 5.52. The first-order valence-electron chi connectivity index (χ1n) is 5.95. The molecule has 4 nitrogen and oxygen atoms in total. The molecule has 0 aliphatic rings. The van der Waals surface area contributed by atoms with Crippen LogP contribution in [0.2, 0.25) is 0 Å². The fraction of sp³-hybridized carbons (Fsp3) is 0.214. The zero-order valence-corrected chi connectivity index (χ0v) is 11.4. The molecular formula is C14H16N2O2S. The van der Waals surface area contributed by atoms with Crippen LogP contribution in [0, 0.1) is 0 Å². The molecule has 5 heteroatoms. The summed E-state index contributed by atoms with van der Waals surface area (Å²) in [6.07, 6.45) is -0.500. The van der Waals surface area contributed by atoms with Crippen LogP contribution in [-0.2, 0) is 16.1 Å². The molecule has 0 bridgehead atoms. The molecule has 2 aromatic rings. The van der Waals surface area contributed by atoms with Crippen LogP contribution in [0.15, 0.2) is 41.8 Å². The third-order valence-electron chi connectivity index (χ3n) is 2.60. The van der Waals surface area contributed by atoms with Gasteiger partial charge >= 0.3 is 0 Å². The van der Waals surface area contributed by atoms with Crippen molar-refractivity contribution in [3.63, 3.8) is 0 Å². The fourth-order valence-corrected chi connectivity index (χ4v) is 2.11. The Morgan fingerprint density at radius 1 is 1.37 bits per heavy atom. The van der Waals surface area contributed by atoms with E-state index in [-0.39, 0.29) is 5.91 Å². The summed E-state index contributed by atoms with van der Waals surface area (Å²) in [5.74, 6) is -0.165. The van der Waals surface area contributed by atoms with Crippen LogP contribution in [0.1, 0.15) is 11.8 Å². The van der Waals surface area contributed by atoms with E-state index < -0.39 is 6.10 Å². The Morgan fingerprint density at radius 3 is 2.74 bits per heavy atom. The number of nitrogens with one attached hydrogen (secondary N) is 1. The molecule has 0 radical (unpaired) electrons. The molecule has 19 heavy (non-hydrogen) atoms. The van der Waals surface area contributed by atoms with E-state index in [9.17, 15) is 4.79 Å². The number of anilines is 2. The first-order valence-corrected chi connectivity index (χ1v) is 6.83. The minimum absolute atomic E-state index is 0.165. The summed E-state index contributed by atoms with van der Waals surface area (Å²) >= 11 is 1.61. The minimum atomic E-state index is -0.500. The summed E-state index contributed by atoms with van der Waals surface area (Å²) in [5, 5.41) is 4.77. The second-order valence-electron chi connectivity index (χ2n) is 4.14. The average Bonchev–Trinajstić information content (AvgIpc) is 2.91. The van der Waals surface area contributed by atoms with E-state index in [4.69, 9.17) is 10.5 Å². The first kappa shape index (κ1) is 13.6. The molecule has 1 heterocycles. The van der Waals surface area contributed by atoms with Gasteiger partial charge in [0.05, 0.1) is 6.61 Å². The molecule has 1 aromatic heterocycles. The summed E-state index contributed by atoms with van der Waals surface area (Å²) in [6, 6.07) is 11.0. The van der Waals surface area contributed by atoms with Gasteiger partial charge in [-0.05, 0) is 42.6 Å². The highest BCUT2D eigenvalue weighted by atomic mass is 32.1. The van der Waals surface area contributed by atoms with E-state index in [1.165, 1.54) is 0 Å². The Labute approximate surface area is 116 Å². The lowest BCUT2D eigenvalue weighted by molar-refractivity contribution is -0.127. The molecule has 0 aliphatic carbocycles. The molecule has 0 saturated carbocycles. The van der Waals surface area contributed by atoms with Gasteiger partial charge in [-0.1, -0.05) is 6.07 Å². The number of rotatable bonds is 5. The largest absolute Gasteiger partial charge is 0.399 e. The van der Waals surface area contributed by atoms with Crippen molar-refractivity contribution in [1.29, 1.82) is 0 Å². The molecule has 0 spiro atoms. The molecular weight excluding hydrogens is 260 g/mol. The molecule has 1 aromatic carbocycles. The Hall–Kier alpha value is -1.85. The Kier molecular flexibility index (Phi) is 4.54. The van der Waals surface area contributed by atoms with Crippen molar-refractivity contribution in [2.24, 2.45) is 0 Å². The van der Waals surface area contributed by atoms with Crippen LogP contribution in [-0.4, -0.2) is 12.0 Å². The molecule has 2 rings (SSSR count). The third-order valence-corrected chi connectivity index (χ3v) is 3.45. The highest BCUT2D eigenvalue weighted by Gasteiger charge is 2.13. The quantitative estimate of drug-likeness (QED) is 0.825. The predicted molar refractivity (Wildman–Crippen MR) is 78.1 cm³/mol. The molecule has 1 unspecified atom stereocenters. The molecule has 0 fully saturated rings. The first-order chi connectivity index (χ1) is 9.15. The maximum atomic E-state index is 11.9. The maximum absolute atomic E-state index is 11.9. The average molecular weight is 276 g/mol. The normalized spacial score (nSPS) is 12.1. The number of carbonyl (C=O) groups is 1. The molecule has 1 atom stereocenters. The van der Waals surface area contributed by atoms with E-state index in [2.05, 4.69) is 5.32 Å². The zero-order chi connectivity index (χ0) is 13.7. The minimum Gasteiger partial charge on any atom is -0.399 e. The second kappa shape index (κ2) is 6.36. The molecule has 0 saturated heterocycles. The highest BCUT2D eigenvalue weighted by Crippen LogP contribution is 2.13. The smallest absolute Gasteiger partial charge is 0.253 e. The van der Waals surface area contributed by atoms with Crippen molar-refractivity contribution in [3.05, 3.63) is 46.7 Å². The van der Waals surface area contributed by atoms with Crippen LogP contribution < -0.4 is 11.1 Å². The van der Waals surface area contributed by atoms with E-state index in [1.54, 1.807) is 42.5 Å². The molecule has 0 aliphatic heterocycles. The standard InChI is InChI=1S/C14H16N2O2S/c1-10(18-9-13-3-2-8-19-13)14(17)16-12-6-4-11(15)5-7-12/h2-8,10H,9,15H2,1H3,(H,16,17). The third kappa shape index (κ3) is 4.08. The van der Waals surface area contributed by atoms with Crippen molar-refractivity contribution in [2.45, 2.75) is 19.6 Å². The van der Waals surface area contributed by atoms with Gasteiger partial charge in [-0.15, -0.1) is 11.3 Å². The van der Waals surface area contributed by atoms with Gasteiger partial charge in [0.25, 0.3) is 5.91 Å². The van der Waals surface area contributed by atoms with E-state index in [0.29, 0.717) is 18.0 Å². The number of amides is 1. The zero-order valence-electron chi connectivity index (χ0n) is 10.6. The topological polar surface area (TPSA) is 64.3 Å². The maximum Gasteiger partial charge on any atom is 0.253 e. The van der Waals surface area contributed by atoms with Crippen molar-refractivity contribution < 1.29 is 9.53 Å². The number of hydrogen-bond acceptors (Lipinski definition) is 4. The number of ether oxygens (including phenoxy) is 1. The van der Waals surface area contributed by atoms with Crippen LogP contribution in [0.25, 0.3) is 0 Å². The van der Waals surface area contributed by atoms with Crippen molar-refractivity contribution in [2.75, 3.05) is 11.1 Å². The second-order valence-corrected chi connectivity index (χ2v) is 5.18. The lowest BCUT2D eigenvalue weighted by Crippen LogP contribution is -2.27. The van der Waals surface area contributed by atoms with Gasteiger partial charge in [0.1, 0.15) is 6.10 Å². The van der Waals surface area contributed by atoms with Crippen LogP contribution in [0.4, 0.5) is 11.4 Å². The van der Waals surface area contributed by atoms with E-state index >= 15 is 0 Å². The number of carbonyl (C=O) groups excluding carboxylic acids is 1. The Morgan fingerprint density at radius 2 is 2.11 bits per heavy atom. The van der Waals surface area contributed by atoms with Crippen LogP contribution >= 0.6 is 11.3 Å². The molecule has 3 N–H and O–H groups in total. The van der Waals surface area contributed by atoms with Gasteiger partial charge in [-0.25, -0.2) is 0 Å². The summed E-state index contributed by atoms with van der Waals surface area (Å²) in [4.78, 5) is 13.0. The fourth-order valence-electron chi connectivity index (χ4n) is 1.49. The molecule has 1 amide bonds. The van der Waals surface area contributed by atoms with Crippen molar-refractivity contribution in [1.82, 2.24) is 0 Å². The lowest BCUT2D eigenvalue weighted by atomic mass is 10.2. The predicted octanol–water partition coefficient (Wildman–Crippen LogP) is 2.87. The van der Waals surface area contributed by atoms with E-state index in [1.807, 2.05) is 17.5 Å². The van der Waals surface area contributed by atoms with Crippen LogP contribution in [0.3, 0.4) is 0 Å². The highest BCUT2D eigenvalue weighted by molar-refractivity contribution is 7.09. The molecule has 100 valence electrons. The van der Waals surface area contributed by atoms with Gasteiger partial charge in [-0.3, -0.25) is 4.79 Å². The monoisotopic (exact) mass is 276 g/mol. The van der Waals surface area contributed by atoms with Crippen molar-refractivity contribution >= 4 is 28.6 Å². The van der Waals surface area contributed by atoms with Crippen molar-refractivity contribution in [3.8, 4) is 0 Å². The SMILES string of the molecule is CC(OCc1cccs1)C(=O)Nc1ccc(N)cc1. The number of nitrogens with two attached hydrogens (primary N) is 1. The van der Waals surface area contributed by atoms with Gasteiger partial charge in [0, 0.05) is 16.3 Å². The van der Waals surface area contributed by atoms with Gasteiger partial charge in [0.2, 0.25) is 0 Å². The van der Waals surface area contributed by atoms with Crippen LogP contribution in [0.5, 0.6) is 0 Å². The summed E-state index contributed by atoms with van der Waals surface area (Å²) in [5.41, 5.74) is 6.96. The summed E-state index contributed by atoms with van der Waals surface area (Å²) in [7, 11) is 0. The Bertz CT molecular complexity index is 523.